The van der Waals surface area contributed by atoms with Crippen LogP contribution < -0.4 is 10.6 Å². The van der Waals surface area contributed by atoms with Gasteiger partial charge >= 0.3 is 5.97 Å². The topological polar surface area (TPSA) is 87.7 Å². The van der Waals surface area contributed by atoms with Gasteiger partial charge in [-0.1, -0.05) is 0 Å². The first kappa shape index (κ1) is 21.4. The van der Waals surface area contributed by atoms with Gasteiger partial charge in [0.25, 0.3) is 0 Å². The van der Waals surface area contributed by atoms with Gasteiger partial charge in [-0.25, -0.2) is 4.79 Å². The zero-order valence-corrected chi connectivity index (χ0v) is 17.5. The third kappa shape index (κ3) is 5.52. The molecule has 0 aromatic carbocycles. The van der Waals surface area contributed by atoms with Gasteiger partial charge < -0.3 is 15.4 Å². The minimum atomic E-state index is -0.441. The number of likely N-dealkylation sites (tertiary alicyclic amines) is 1. The van der Waals surface area contributed by atoms with Crippen molar-refractivity contribution in [3.05, 3.63) is 16.0 Å². The maximum absolute atomic E-state index is 12.4. The predicted octanol–water partition coefficient (Wildman–Crippen LogP) is 2.33. The number of amides is 2. The molecule has 2 amide bonds. The maximum Gasteiger partial charge on any atom is 0.341 e. The van der Waals surface area contributed by atoms with E-state index in [1.807, 2.05) is 32.6 Å². The summed E-state index contributed by atoms with van der Waals surface area (Å²) in [6, 6.07) is 0.142. The van der Waals surface area contributed by atoms with E-state index in [0.717, 1.165) is 23.3 Å². The smallest absolute Gasteiger partial charge is 0.341 e. The molecule has 1 fully saturated rings. The molecule has 0 saturated carbocycles. The molecule has 8 heteroatoms. The standard InChI is InChI=1S/C19H29N3O4S/c1-11(2)20-17(24)14-6-8-22(9-7-14)10-15(23)21-18-16(19(25)26-5)12(3)13(4)27-18/h11,14H,6-10H2,1-5H3,(H,20,24)(H,21,23). The number of nitrogens with one attached hydrogen (secondary N) is 2. The lowest BCUT2D eigenvalue weighted by atomic mass is 9.95. The van der Waals surface area contributed by atoms with Crippen LogP contribution in [0.3, 0.4) is 0 Å². The number of thiophene rings is 1. The number of rotatable bonds is 6. The van der Waals surface area contributed by atoms with Crippen LogP contribution >= 0.6 is 11.3 Å². The summed E-state index contributed by atoms with van der Waals surface area (Å²) in [4.78, 5) is 39.6. The summed E-state index contributed by atoms with van der Waals surface area (Å²) in [6.07, 6.45) is 1.49. The lowest BCUT2D eigenvalue weighted by Gasteiger charge is -2.31. The van der Waals surface area contributed by atoms with Gasteiger partial charge in [0.2, 0.25) is 11.8 Å². The van der Waals surface area contributed by atoms with E-state index in [-0.39, 0.29) is 30.3 Å². The molecule has 0 bridgehead atoms. The van der Waals surface area contributed by atoms with Crippen molar-refractivity contribution in [3.63, 3.8) is 0 Å². The van der Waals surface area contributed by atoms with Crippen LogP contribution in [0, 0.1) is 19.8 Å². The number of nitrogens with zero attached hydrogens (tertiary/aromatic N) is 1. The summed E-state index contributed by atoms with van der Waals surface area (Å²) < 4.78 is 4.83. The van der Waals surface area contributed by atoms with Gasteiger partial charge in [-0.2, -0.15) is 0 Å². The number of carbonyl (C=O) groups excluding carboxylic acids is 3. The van der Waals surface area contributed by atoms with Crippen LogP contribution in [-0.2, 0) is 14.3 Å². The van der Waals surface area contributed by atoms with Crippen LogP contribution in [0.4, 0.5) is 5.00 Å². The van der Waals surface area contributed by atoms with E-state index in [0.29, 0.717) is 23.7 Å². The maximum atomic E-state index is 12.4. The van der Waals surface area contributed by atoms with Gasteiger partial charge in [0.05, 0.1) is 19.2 Å². The van der Waals surface area contributed by atoms with E-state index in [4.69, 9.17) is 4.74 Å². The van der Waals surface area contributed by atoms with Crippen molar-refractivity contribution in [3.8, 4) is 0 Å². The van der Waals surface area contributed by atoms with Crippen LogP contribution in [-0.4, -0.2) is 55.5 Å². The Labute approximate surface area is 164 Å². The Morgan fingerprint density at radius 1 is 1.22 bits per heavy atom. The van der Waals surface area contributed by atoms with Gasteiger partial charge in [-0.3, -0.25) is 14.5 Å². The number of esters is 1. The Hall–Kier alpha value is -1.93. The van der Waals surface area contributed by atoms with Crippen LogP contribution in [0.5, 0.6) is 0 Å². The van der Waals surface area contributed by atoms with E-state index < -0.39 is 5.97 Å². The van der Waals surface area contributed by atoms with Gasteiger partial charge in [-0.15, -0.1) is 11.3 Å². The van der Waals surface area contributed by atoms with Gasteiger partial charge in [0, 0.05) is 16.8 Å². The zero-order valence-electron chi connectivity index (χ0n) is 16.7. The molecule has 7 nitrogen and oxygen atoms in total. The van der Waals surface area contributed by atoms with Crippen LogP contribution in [0.1, 0.15) is 47.5 Å². The van der Waals surface area contributed by atoms with E-state index in [1.165, 1.54) is 18.4 Å². The van der Waals surface area contributed by atoms with Crippen LogP contribution in [0.25, 0.3) is 0 Å². The Morgan fingerprint density at radius 3 is 2.41 bits per heavy atom. The van der Waals surface area contributed by atoms with Gasteiger partial charge in [-0.05, 0) is 59.2 Å². The molecule has 1 saturated heterocycles. The molecule has 1 aliphatic heterocycles. The molecule has 0 spiro atoms. The second-order valence-electron chi connectivity index (χ2n) is 7.24. The number of ether oxygens (including phenoxy) is 1. The van der Waals surface area contributed by atoms with Crippen molar-refractivity contribution >= 4 is 34.1 Å². The number of hydrogen-bond donors (Lipinski definition) is 2. The van der Waals surface area contributed by atoms with Gasteiger partial charge in [0.15, 0.2) is 0 Å². The first-order chi connectivity index (χ1) is 12.7. The monoisotopic (exact) mass is 395 g/mol. The minimum absolute atomic E-state index is 0.0141. The molecule has 0 radical (unpaired) electrons. The summed E-state index contributed by atoms with van der Waals surface area (Å²) in [5, 5.41) is 6.34. The number of methoxy groups -OCH3 is 1. The molecular weight excluding hydrogens is 366 g/mol. The third-order valence-electron chi connectivity index (χ3n) is 4.78. The first-order valence-corrected chi connectivity index (χ1v) is 10.1. The number of carbonyl (C=O) groups is 3. The fraction of sp³-hybridized carbons (Fsp3) is 0.632. The van der Waals surface area contributed by atoms with Crippen molar-refractivity contribution in [2.24, 2.45) is 5.92 Å². The third-order valence-corrected chi connectivity index (χ3v) is 5.91. The Bertz CT molecular complexity index is 706. The summed E-state index contributed by atoms with van der Waals surface area (Å²) in [5.41, 5.74) is 1.26. The molecule has 2 rings (SSSR count). The molecule has 27 heavy (non-hydrogen) atoms. The average molecular weight is 396 g/mol. The average Bonchev–Trinajstić information content (AvgIpc) is 2.88. The number of anilines is 1. The minimum Gasteiger partial charge on any atom is -0.465 e. The second kappa shape index (κ2) is 9.32. The fourth-order valence-corrected chi connectivity index (χ4v) is 4.25. The normalized spacial score (nSPS) is 15.6. The Balaban J connectivity index is 1.90. The van der Waals surface area contributed by atoms with Crippen molar-refractivity contribution in [1.82, 2.24) is 10.2 Å². The second-order valence-corrected chi connectivity index (χ2v) is 8.47. The summed E-state index contributed by atoms with van der Waals surface area (Å²) in [5.74, 6) is -0.489. The molecular formula is C19H29N3O4S. The molecule has 1 aliphatic rings. The fourth-order valence-electron chi connectivity index (χ4n) is 3.19. The summed E-state index contributed by atoms with van der Waals surface area (Å²) >= 11 is 1.38. The molecule has 0 unspecified atom stereocenters. The molecule has 2 N–H and O–H groups in total. The van der Waals surface area contributed by atoms with Gasteiger partial charge in [0.1, 0.15) is 5.00 Å². The first-order valence-electron chi connectivity index (χ1n) is 9.23. The molecule has 0 aliphatic carbocycles. The van der Waals surface area contributed by atoms with Crippen molar-refractivity contribution < 1.29 is 19.1 Å². The van der Waals surface area contributed by atoms with E-state index in [2.05, 4.69) is 10.6 Å². The lowest BCUT2D eigenvalue weighted by Crippen LogP contribution is -2.44. The van der Waals surface area contributed by atoms with Crippen LogP contribution in [0.15, 0.2) is 0 Å². The largest absolute Gasteiger partial charge is 0.465 e. The lowest BCUT2D eigenvalue weighted by molar-refractivity contribution is -0.127. The predicted molar refractivity (Wildman–Crippen MR) is 106 cm³/mol. The molecule has 2 heterocycles. The van der Waals surface area contributed by atoms with Crippen molar-refractivity contribution in [2.75, 3.05) is 32.1 Å². The molecule has 1 aromatic heterocycles. The van der Waals surface area contributed by atoms with E-state index >= 15 is 0 Å². The van der Waals surface area contributed by atoms with Crippen molar-refractivity contribution in [2.45, 2.75) is 46.6 Å². The number of piperidine rings is 1. The van der Waals surface area contributed by atoms with Crippen molar-refractivity contribution in [1.29, 1.82) is 0 Å². The summed E-state index contributed by atoms with van der Waals surface area (Å²) in [6.45, 7) is 9.32. The van der Waals surface area contributed by atoms with E-state index in [1.54, 1.807) is 0 Å². The SMILES string of the molecule is COC(=O)c1c(NC(=O)CN2CCC(C(=O)NC(C)C)CC2)sc(C)c1C. The molecule has 150 valence electrons. The quantitative estimate of drug-likeness (QED) is 0.722. The Morgan fingerprint density at radius 2 is 1.85 bits per heavy atom. The zero-order chi connectivity index (χ0) is 20.1. The Kier molecular flexibility index (Phi) is 7.38. The number of aryl methyl sites for hydroxylation is 1. The van der Waals surface area contributed by atoms with E-state index in [9.17, 15) is 14.4 Å². The molecule has 0 atom stereocenters. The summed E-state index contributed by atoms with van der Waals surface area (Å²) in [7, 11) is 1.33. The van der Waals surface area contributed by atoms with Crippen LogP contribution in [0.2, 0.25) is 0 Å². The highest BCUT2D eigenvalue weighted by molar-refractivity contribution is 7.16. The highest BCUT2D eigenvalue weighted by Crippen LogP contribution is 2.33. The number of hydrogen-bond acceptors (Lipinski definition) is 6. The molecule has 1 aromatic rings. The highest BCUT2D eigenvalue weighted by Gasteiger charge is 2.27. The highest BCUT2D eigenvalue weighted by atomic mass is 32.1.